The van der Waals surface area contributed by atoms with Crippen molar-refractivity contribution in [3.05, 3.63) is 47.8 Å². The van der Waals surface area contributed by atoms with Crippen molar-refractivity contribution in [3.8, 4) is 17.1 Å². The van der Waals surface area contributed by atoms with Gasteiger partial charge in [0.05, 0.1) is 6.10 Å². The normalized spacial score (nSPS) is 14.4. The molecule has 1 heterocycles. The number of benzene rings is 2. The van der Waals surface area contributed by atoms with Gasteiger partial charge in [-0.1, -0.05) is 0 Å². The number of carboxylic acids is 1. The number of hydrogen-bond acceptors (Lipinski definition) is 5. The zero-order valence-electron chi connectivity index (χ0n) is 16.3. The molecule has 1 aliphatic carbocycles. The van der Waals surface area contributed by atoms with Crippen LogP contribution in [0.15, 0.2) is 45.7 Å². The molecule has 0 bridgehead atoms. The van der Waals surface area contributed by atoms with E-state index in [1.807, 2.05) is 0 Å². The predicted molar refractivity (Wildman–Crippen MR) is 108 cm³/mol. The quantitative estimate of drug-likeness (QED) is 0.579. The fourth-order valence-electron chi connectivity index (χ4n) is 3.16. The van der Waals surface area contributed by atoms with Crippen molar-refractivity contribution in [2.75, 3.05) is 0 Å². The summed E-state index contributed by atoms with van der Waals surface area (Å²) >= 11 is 0. The van der Waals surface area contributed by atoms with Crippen LogP contribution in [0, 0.1) is 5.82 Å². The Morgan fingerprint density at radius 2 is 1.90 bits per heavy atom. The third kappa shape index (κ3) is 3.90. The molecule has 0 unspecified atom stereocenters. The highest BCUT2D eigenvalue weighted by molar-refractivity contribution is 7.89. The number of carboxylic acid groups (broad SMARTS) is 1. The summed E-state index contributed by atoms with van der Waals surface area (Å²) in [6.07, 6.45) is 1.19. The minimum Gasteiger partial charge on any atom is -0.490 e. The highest BCUT2D eigenvalue weighted by Crippen LogP contribution is 2.39. The first-order valence-corrected chi connectivity index (χ1v) is 10.9. The summed E-state index contributed by atoms with van der Waals surface area (Å²) in [5, 5.41) is 9.99. The number of carbonyl (C=O) groups is 1. The van der Waals surface area contributed by atoms with Gasteiger partial charge >= 0.3 is 5.97 Å². The van der Waals surface area contributed by atoms with Crippen LogP contribution in [-0.4, -0.2) is 31.6 Å². The van der Waals surface area contributed by atoms with Gasteiger partial charge in [0.2, 0.25) is 10.0 Å². The first-order chi connectivity index (χ1) is 14.2. The fourth-order valence-corrected chi connectivity index (χ4v) is 4.60. The molecule has 0 atom stereocenters. The number of nitrogens with one attached hydrogen (secondary N) is 1. The zero-order valence-corrected chi connectivity index (χ0v) is 17.1. The lowest BCUT2D eigenvalue weighted by atomic mass is 10.1. The molecule has 30 heavy (non-hydrogen) atoms. The van der Waals surface area contributed by atoms with Gasteiger partial charge in [0.15, 0.2) is 0 Å². The number of sulfonamides is 1. The molecule has 1 saturated carbocycles. The van der Waals surface area contributed by atoms with Crippen LogP contribution in [-0.2, 0) is 10.0 Å². The van der Waals surface area contributed by atoms with Crippen LogP contribution >= 0.6 is 0 Å². The maximum Gasteiger partial charge on any atom is 0.340 e. The van der Waals surface area contributed by atoms with Crippen LogP contribution in [0.3, 0.4) is 0 Å². The third-order valence-corrected chi connectivity index (χ3v) is 6.17. The van der Waals surface area contributed by atoms with Gasteiger partial charge in [-0.05, 0) is 57.0 Å². The smallest absolute Gasteiger partial charge is 0.340 e. The van der Waals surface area contributed by atoms with E-state index in [1.165, 1.54) is 36.4 Å². The minimum atomic E-state index is -3.89. The van der Waals surface area contributed by atoms with Gasteiger partial charge < -0.3 is 14.3 Å². The number of halogens is 1. The Kier molecular flexibility index (Phi) is 5.03. The summed E-state index contributed by atoms with van der Waals surface area (Å²) in [5.41, 5.74) is 0.292. The molecule has 158 valence electrons. The molecule has 2 N–H and O–H groups in total. The largest absolute Gasteiger partial charge is 0.490 e. The van der Waals surface area contributed by atoms with Gasteiger partial charge in [-0.2, -0.15) is 0 Å². The summed E-state index contributed by atoms with van der Waals surface area (Å²) in [6, 6.07) is 7.72. The zero-order chi connectivity index (χ0) is 21.6. The molecule has 2 aromatic carbocycles. The summed E-state index contributed by atoms with van der Waals surface area (Å²) in [7, 11) is -3.89. The molecule has 0 radical (unpaired) electrons. The van der Waals surface area contributed by atoms with Crippen molar-refractivity contribution in [2.24, 2.45) is 0 Å². The number of ether oxygens (including phenoxy) is 1. The Bertz CT molecular complexity index is 1230. The summed E-state index contributed by atoms with van der Waals surface area (Å²) in [6.45, 7) is 3.48. The number of fused-ring (bicyclic) bond motifs is 1. The van der Waals surface area contributed by atoms with Crippen LogP contribution < -0.4 is 9.46 Å². The standard InChI is InChI=1S/C21H20FNO6S/c1-11(2)28-17-9-15-16(10-18(17)30(26,27)23-14-7-8-14)29-20(19(15)21(24)25)12-3-5-13(22)6-4-12/h3-6,9-11,14,23H,7-8H2,1-2H3,(H,24,25). The van der Waals surface area contributed by atoms with Crippen molar-refractivity contribution in [1.29, 1.82) is 0 Å². The second-order valence-electron chi connectivity index (χ2n) is 7.48. The Morgan fingerprint density at radius 1 is 1.23 bits per heavy atom. The topological polar surface area (TPSA) is 106 Å². The summed E-state index contributed by atoms with van der Waals surface area (Å²) in [4.78, 5) is 11.9. The molecule has 0 saturated heterocycles. The Balaban J connectivity index is 1.95. The van der Waals surface area contributed by atoms with Crippen LogP contribution in [0.1, 0.15) is 37.0 Å². The van der Waals surface area contributed by atoms with E-state index in [4.69, 9.17) is 9.15 Å². The molecule has 1 fully saturated rings. The van der Waals surface area contributed by atoms with Gasteiger partial charge in [-0.25, -0.2) is 22.3 Å². The predicted octanol–water partition coefficient (Wildman–Crippen LogP) is 4.17. The highest BCUT2D eigenvalue weighted by Gasteiger charge is 2.32. The lowest BCUT2D eigenvalue weighted by Gasteiger charge is -2.15. The molecule has 1 aromatic heterocycles. The molecule has 1 aliphatic rings. The van der Waals surface area contributed by atoms with Gasteiger partial charge in [0, 0.05) is 23.1 Å². The number of hydrogen-bond donors (Lipinski definition) is 2. The Morgan fingerprint density at radius 3 is 2.47 bits per heavy atom. The van der Waals surface area contributed by atoms with Gasteiger partial charge in [0.25, 0.3) is 0 Å². The van der Waals surface area contributed by atoms with Crippen molar-refractivity contribution < 1.29 is 31.9 Å². The van der Waals surface area contributed by atoms with Crippen LogP contribution in [0.25, 0.3) is 22.3 Å². The van der Waals surface area contributed by atoms with Crippen LogP contribution in [0.4, 0.5) is 4.39 Å². The maximum absolute atomic E-state index is 13.3. The van der Waals surface area contributed by atoms with Crippen molar-refractivity contribution >= 4 is 27.0 Å². The van der Waals surface area contributed by atoms with E-state index in [9.17, 15) is 22.7 Å². The molecule has 9 heteroatoms. The average Bonchev–Trinajstić information content (AvgIpc) is 3.37. The van der Waals surface area contributed by atoms with Gasteiger partial charge in [0.1, 0.15) is 33.4 Å². The fraction of sp³-hybridized carbons (Fsp3) is 0.286. The van der Waals surface area contributed by atoms with E-state index in [0.29, 0.717) is 5.56 Å². The van der Waals surface area contributed by atoms with Gasteiger partial charge in [-0.3, -0.25) is 0 Å². The molecule has 3 aromatic rings. The van der Waals surface area contributed by atoms with E-state index in [-0.39, 0.29) is 45.1 Å². The van der Waals surface area contributed by atoms with E-state index in [1.54, 1.807) is 13.8 Å². The lowest BCUT2D eigenvalue weighted by Crippen LogP contribution is -2.26. The Labute approximate surface area is 172 Å². The Hall–Kier alpha value is -2.91. The van der Waals surface area contributed by atoms with E-state index < -0.39 is 21.8 Å². The first kappa shape index (κ1) is 20.4. The van der Waals surface area contributed by atoms with E-state index in [0.717, 1.165) is 12.8 Å². The minimum absolute atomic E-state index is 0.0118. The van der Waals surface area contributed by atoms with Crippen LogP contribution in [0.5, 0.6) is 5.75 Å². The molecule has 4 rings (SSSR count). The highest BCUT2D eigenvalue weighted by atomic mass is 32.2. The maximum atomic E-state index is 13.3. The third-order valence-electron chi connectivity index (χ3n) is 4.63. The summed E-state index contributed by atoms with van der Waals surface area (Å²) in [5.74, 6) is -1.67. The van der Waals surface area contributed by atoms with Crippen molar-refractivity contribution in [1.82, 2.24) is 4.72 Å². The number of rotatable bonds is 7. The molecular formula is C21H20FNO6S. The average molecular weight is 433 g/mol. The lowest BCUT2D eigenvalue weighted by molar-refractivity contribution is 0.0699. The molecule has 0 aliphatic heterocycles. The molecule has 0 spiro atoms. The second-order valence-corrected chi connectivity index (χ2v) is 9.16. The monoisotopic (exact) mass is 433 g/mol. The number of furan rings is 1. The van der Waals surface area contributed by atoms with Crippen LogP contribution in [0.2, 0.25) is 0 Å². The van der Waals surface area contributed by atoms with E-state index >= 15 is 0 Å². The van der Waals surface area contributed by atoms with Gasteiger partial charge in [-0.15, -0.1) is 0 Å². The molecule has 7 nitrogen and oxygen atoms in total. The van der Waals surface area contributed by atoms with Crippen molar-refractivity contribution in [2.45, 2.75) is 43.7 Å². The molecular weight excluding hydrogens is 413 g/mol. The first-order valence-electron chi connectivity index (χ1n) is 9.44. The second kappa shape index (κ2) is 7.41. The number of aromatic carboxylic acids is 1. The van der Waals surface area contributed by atoms with E-state index in [2.05, 4.69) is 4.72 Å². The van der Waals surface area contributed by atoms with Crippen molar-refractivity contribution in [3.63, 3.8) is 0 Å². The SMILES string of the molecule is CC(C)Oc1cc2c(C(=O)O)c(-c3ccc(F)cc3)oc2cc1S(=O)(=O)NC1CC1. The summed E-state index contributed by atoms with van der Waals surface area (Å²) < 4.78 is 53.1. The molecule has 0 amide bonds.